The van der Waals surface area contributed by atoms with E-state index in [0.717, 1.165) is 0 Å². The highest BCUT2D eigenvalue weighted by molar-refractivity contribution is 9.10. The Morgan fingerprint density at radius 1 is 1.19 bits per heavy atom. The zero-order valence-corrected chi connectivity index (χ0v) is 16.5. The number of carbonyl (C=O) groups excluding carboxylic acids is 1. The molecule has 2 unspecified atom stereocenters. The summed E-state index contributed by atoms with van der Waals surface area (Å²) in [6, 6.07) is 9.17. The molecule has 142 valence electrons. The van der Waals surface area contributed by atoms with E-state index in [9.17, 15) is 17.6 Å². The van der Waals surface area contributed by atoms with E-state index in [2.05, 4.69) is 21.2 Å². The summed E-state index contributed by atoms with van der Waals surface area (Å²) in [5, 5.41) is 2.74. The van der Waals surface area contributed by atoms with Gasteiger partial charge in [-0.1, -0.05) is 6.07 Å². The number of fused-ring (bicyclic) bond motifs is 2. The minimum atomic E-state index is -3.82. The van der Waals surface area contributed by atoms with Crippen molar-refractivity contribution < 1.29 is 22.3 Å². The van der Waals surface area contributed by atoms with Crippen molar-refractivity contribution in [3.8, 4) is 11.5 Å². The molecule has 2 aliphatic heterocycles. The Bertz CT molecular complexity index is 1010. The summed E-state index contributed by atoms with van der Waals surface area (Å²) in [5.41, 5.74) is 0. The first-order valence-electron chi connectivity index (χ1n) is 8.40. The number of hydrogen-bond acceptors (Lipinski definition) is 4. The molecule has 2 saturated heterocycles. The van der Waals surface area contributed by atoms with E-state index in [-0.39, 0.29) is 16.8 Å². The fourth-order valence-electron chi connectivity index (χ4n) is 3.50. The maximum Gasteiger partial charge on any atom is 0.244 e. The van der Waals surface area contributed by atoms with Gasteiger partial charge in [0.15, 0.2) is 0 Å². The van der Waals surface area contributed by atoms with Gasteiger partial charge in [-0.25, -0.2) is 12.8 Å². The largest absolute Gasteiger partial charge is 0.456 e. The molecule has 2 atom stereocenters. The lowest BCUT2D eigenvalue weighted by molar-refractivity contribution is -0.126. The molecule has 2 aromatic carbocycles. The summed E-state index contributed by atoms with van der Waals surface area (Å²) in [4.78, 5) is 12.1. The van der Waals surface area contributed by atoms with Gasteiger partial charge < -0.3 is 10.1 Å². The van der Waals surface area contributed by atoms with E-state index in [4.69, 9.17) is 4.74 Å². The Labute approximate surface area is 164 Å². The van der Waals surface area contributed by atoms with Crippen molar-refractivity contribution in [1.82, 2.24) is 9.62 Å². The average molecular weight is 455 g/mol. The van der Waals surface area contributed by atoms with Crippen LogP contribution in [0.25, 0.3) is 0 Å². The van der Waals surface area contributed by atoms with E-state index in [1.165, 1.54) is 40.7 Å². The molecule has 9 heteroatoms. The van der Waals surface area contributed by atoms with Gasteiger partial charge in [-0.3, -0.25) is 4.79 Å². The standard InChI is InChI=1S/C18H16BrFN2O4S/c19-15-9-14(5-7-17(15)26-13-3-1-2-11(20)8-13)27(24,25)22-12-4-6-16(22)18(23)21-10-12/h1-3,5,7-9,12,16H,4,6,10H2,(H,21,23). The lowest BCUT2D eigenvalue weighted by atomic mass is 10.2. The van der Waals surface area contributed by atoms with Crippen molar-refractivity contribution in [3.05, 3.63) is 52.8 Å². The number of amides is 1. The van der Waals surface area contributed by atoms with Crippen molar-refractivity contribution in [3.63, 3.8) is 0 Å². The molecule has 2 aliphatic rings. The predicted octanol–water partition coefficient (Wildman–Crippen LogP) is 3.03. The van der Waals surface area contributed by atoms with Crippen LogP contribution in [-0.2, 0) is 14.8 Å². The fourth-order valence-corrected chi connectivity index (χ4v) is 5.97. The van der Waals surface area contributed by atoms with Crippen LogP contribution in [0.5, 0.6) is 11.5 Å². The third-order valence-electron chi connectivity index (χ3n) is 4.76. The van der Waals surface area contributed by atoms with Crippen molar-refractivity contribution in [2.24, 2.45) is 0 Å². The number of nitrogens with zero attached hydrogens (tertiary/aromatic N) is 1. The van der Waals surface area contributed by atoms with Crippen molar-refractivity contribution >= 4 is 31.9 Å². The molecule has 27 heavy (non-hydrogen) atoms. The highest BCUT2D eigenvalue weighted by atomic mass is 79.9. The van der Waals surface area contributed by atoms with Gasteiger partial charge >= 0.3 is 0 Å². The Balaban J connectivity index is 1.63. The first kappa shape index (κ1) is 18.4. The summed E-state index contributed by atoms with van der Waals surface area (Å²) >= 11 is 3.32. The lowest BCUT2D eigenvalue weighted by Gasteiger charge is -2.33. The van der Waals surface area contributed by atoms with Gasteiger partial charge in [-0.15, -0.1) is 0 Å². The maximum atomic E-state index is 13.3. The lowest BCUT2D eigenvalue weighted by Crippen LogP contribution is -2.57. The molecule has 2 heterocycles. The second kappa shape index (κ2) is 6.88. The summed E-state index contributed by atoms with van der Waals surface area (Å²) in [5.74, 6) is -0.0184. The second-order valence-electron chi connectivity index (χ2n) is 6.48. The number of carbonyl (C=O) groups is 1. The first-order chi connectivity index (χ1) is 12.9. The number of ether oxygens (including phenoxy) is 1. The molecule has 4 rings (SSSR count). The number of benzene rings is 2. The molecular weight excluding hydrogens is 439 g/mol. The Morgan fingerprint density at radius 3 is 2.74 bits per heavy atom. The summed E-state index contributed by atoms with van der Waals surface area (Å²) in [6.45, 7) is 0.330. The van der Waals surface area contributed by atoms with Crippen molar-refractivity contribution in [2.75, 3.05) is 6.54 Å². The highest BCUT2D eigenvalue weighted by Crippen LogP contribution is 2.36. The van der Waals surface area contributed by atoms with Crippen LogP contribution in [-0.4, -0.2) is 37.3 Å². The average Bonchev–Trinajstić information content (AvgIpc) is 2.98. The van der Waals surface area contributed by atoms with Crippen molar-refractivity contribution in [2.45, 2.75) is 29.8 Å². The van der Waals surface area contributed by atoms with Gasteiger partial charge in [0, 0.05) is 18.7 Å². The molecule has 0 aromatic heterocycles. The van der Waals surface area contributed by atoms with Crippen LogP contribution < -0.4 is 10.1 Å². The highest BCUT2D eigenvalue weighted by Gasteiger charge is 2.48. The minimum Gasteiger partial charge on any atom is -0.456 e. The number of sulfonamides is 1. The van der Waals surface area contributed by atoms with Gasteiger partial charge in [0.05, 0.1) is 9.37 Å². The Morgan fingerprint density at radius 2 is 2.00 bits per heavy atom. The monoisotopic (exact) mass is 454 g/mol. The zero-order chi connectivity index (χ0) is 19.2. The summed E-state index contributed by atoms with van der Waals surface area (Å²) < 4.78 is 46.8. The van der Waals surface area contributed by atoms with E-state index in [1.807, 2.05) is 0 Å². The van der Waals surface area contributed by atoms with Gasteiger partial charge in [-0.2, -0.15) is 4.31 Å². The quantitative estimate of drug-likeness (QED) is 0.769. The van der Waals surface area contributed by atoms with Gasteiger partial charge in [-0.05, 0) is 59.1 Å². The fraction of sp³-hybridized carbons (Fsp3) is 0.278. The van der Waals surface area contributed by atoms with Crippen LogP contribution in [0.4, 0.5) is 4.39 Å². The summed E-state index contributed by atoms with van der Waals surface area (Å²) in [6.07, 6.45) is 1.18. The van der Waals surface area contributed by atoms with E-state index < -0.39 is 21.9 Å². The Kier molecular flexibility index (Phi) is 4.69. The van der Waals surface area contributed by atoms with Crippen LogP contribution in [0.3, 0.4) is 0 Å². The van der Waals surface area contributed by atoms with Crippen LogP contribution in [0.2, 0.25) is 0 Å². The van der Waals surface area contributed by atoms with Crippen LogP contribution in [0.1, 0.15) is 12.8 Å². The minimum absolute atomic E-state index is 0.0765. The maximum absolute atomic E-state index is 13.3. The van der Waals surface area contributed by atoms with Gasteiger partial charge in [0.2, 0.25) is 15.9 Å². The normalized spacial score (nSPS) is 22.5. The molecule has 0 aliphatic carbocycles. The zero-order valence-electron chi connectivity index (χ0n) is 14.1. The van der Waals surface area contributed by atoms with Crippen molar-refractivity contribution in [1.29, 1.82) is 0 Å². The van der Waals surface area contributed by atoms with E-state index in [0.29, 0.717) is 35.4 Å². The molecule has 0 radical (unpaired) electrons. The molecule has 0 spiro atoms. The van der Waals surface area contributed by atoms with Gasteiger partial charge in [0.25, 0.3) is 0 Å². The molecule has 2 fully saturated rings. The number of hydrogen-bond donors (Lipinski definition) is 1. The topological polar surface area (TPSA) is 75.7 Å². The molecule has 2 aromatic rings. The number of nitrogens with one attached hydrogen (secondary N) is 1. The first-order valence-corrected chi connectivity index (χ1v) is 10.6. The number of halogens is 2. The third-order valence-corrected chi connectivity index (χ3v) is 7.33. The molecule has 1 N–H and O–H groups in total. The SMILES string of the molecule is O=C1NCC2CCC1N2S(=O)(=O)c1ccc(Oc2cccc(F)c2)c(Br)c1. The summed E-state index contributed by atoms with van der Waals surface area (Å²) in [7, 11) is -3.82. The Hall–Kier alpha value is -1.97. The predicted molar refractivity (Wildman–Crippen MR) is 99.5 cm³/mol. The molecular formula is C18H16BrFN2O4S. The second-order valence-corrected chi connectivity index (χ2v) is 9.18. The number of piperazine rings is 1. The van der Waals surface area contributed by atoms with Crippen LogP contribution >= 0.6 is 15.9 Å². The molecule has 0 saturated carbocycles. The third kappa shape index (κ3) is 3.35. The molecule has 2 bridgehead atoms. The molecule has 1 amide bonds. The smallest absolute Gasteiger partial charge is 0.244 e. The number of rotatable bonds is 4. The van der Waals surface area contributed by atoms with Crippen LogP contribution in [0.15, 0.2) is 51.8 Å². The van der Waals surface area contributed by atoms with E-state index in [1.54, 1.807) is 6.07 Å². The van der Waals surface area contributed by atoms with Crippen LogP contribution in [0, 0.1) is 5.82 Å². The van der Waals surface area contributed by atoms with Gasteiger partial charge in [0.1, 0.15) is 23.4 Å². The van der Waals surface area contributed by atoms with E-state index >= 15 is 0 Å². The molecule has 6 nitrogen and oxygen atoms in total.